The zero-order chi connectivity index (χ0) is 22.6. The Morgan fingerprint density at radius 2 is 1.74 bits per heavy atom. The third kappa shape index (κ3) is 5.44. The number of piperidine rings is 2. The van der Waals surface area contributed by atoms with E-state index in [2.05, 4.69) is 29.7 Å². The molecule has 2 fully saturated rings. The molecule has 1 aromatic carbocycles. The van der Waals surface area contributed by atoms with Crippen molar-refractivity contribution in [1.29, 1.82) is 0 Å². The van der Waals surface area contributed by atoms with Crippen molar-refractivity contribution in [3.63, 3.8) is 0 Å². The van der Waals surface area contributed by atoms with E-state index in [1.165, 1.54) is 4.90 Å². The first kappa shape index (κ1) is 23.7. The van der Waals surface area contributed by atoms with Gasteiger partial charge in [0.25, 0.3) is 0 Å². The SMILES string of the molecule is CCN(Cc1cc(Cl)cc(N2CCC(C(=O)O)CC2)c1)C1(CC)CCN(C(=O)O)CC1. The molecule has 0 aliphatic carbocycles. The summed E-state index contributed by atoms with van der Waals surface area (Å²) in [5, 5.41) is 19.2. The van der Waals surface area contributed by atoms with Crippen LogP contribution in [0.2, 0.25) is 5.02 Å². The molecule has 1 aromatic rings. The summed E-state index contributed by atoms with van der Waals surface area (Å²) in [5.74, 6) is -0.963. The van der Waals surface area contributed by atoms with Crippen molar-refractivity contribution in [2.45, 2.75) is 58.0 Å². The molecule has 0 aromatic heterocycles. The minimum atomic E-state index is -0.834. The number of hydrogen-bond acceptors (Lipinski definition) is 4. The highest BCUT2D eigenvalue weighted by Crippen LogP contribution is 2.35. The molecule has 0 spiro atoms. The predicted molar refractivity (Wildman–Crippen MR) is 122 cm³/mol. The normalized spacial score (nSPS) is 19.6. The number of hydrogen-bond donors (Lipinski definition) is 2. The second-order valence-corrected chi connectivity index (χ2v) is 9.22. The van der Waals surface area contributed by atoms with E-state index >= 15 is 0 Å². The van der Waals surface area contributed by atoms with Gasteiger partial charge in [0.1, 0.15) is 0 Å². The van der Waals surface area contributed by atoms with E-state index < -0.39 is 12.1 Å². The van der Waals surface area contributed by atoms with Crippen LogP contribution in [0.15, 0.2) is 18.2 Å². The number of nitrogens with zero attached hydrogens (tertiary/aromatic N) is 3. The summed E-state index contributed by atoms with van der Waals surface area (Å²) in [5.41, 5.74) is 2.18. The van der Waals surface area contributed by atoms with Crippen molar-refractivity contribution in [1.82, 2.24) is 9.80 Å². The molecule has 2 N–H and O–H groups in total. The van der Waals surface area contributed by atoms with Gasteiger partial charge >= 0.3 is 12.1 Å². The van der Waals surface area contributed by atoms with Crippen LogP contribution in [0.1, 0.15) is 51.5 Å². The van der Waals surface area contributed by atoms with Crippen LogP contribution >= 0.6 is 11.6 Å². The maximum Gasteiger partial charge on any atom is 0.407 e. The minimum Gasteiger partial charge on any atom is -0.481 e. The van der Waals surface area contributed by atoms with Crippen molar-refractivity contribution in [2.24, 2.45) is 5.92 Å². The number of amides is 1. The summed E-state index contributed by atoms with van der Waals surface area (Å²) in [4.78, 5) is 28.8. The Hall–Kier alpha value is -1.99. The molecule has 0 unspecified atom stereocenters. The maximum atomic E-state index is 11.3. The zero-order valence-corrected chi connectivity index (χ0v) is 19.3. The van der Waals surface area contributed by atoms with Gasteiger partial charge in [0.15, 0.2) is 0 Å². The average molecular weight is 452 g/mol. The third-order valence-electron chi connectivity index (χ3n) is 7.20. The summed E-state index contributed by atoms with van der Waals surface area (Å²) in [6.07, 6.45) is 3.11. The molecular formula is C23H34ClN3O4. The van der Waals surface area contributed by atoms with E-state index in [4.69, 9.17) is 11.6 Å². The van der Waals surface area contributed by atoms with E-state index in [0.717, 1.165) is 56.7 Å². The Morgan fingerprint density at radius 3 is 2.26 bits per heavy atom. The maximum absolute atomic E-state index is 11.3. The summed E-state index contributed by atoms with van der Waals surface area (Å²) in [7, 11) is 0. The molecule has 172 valence electrons. The Bertz CT molecular complexity index is 787. The second-order valence-electron chi connectivity index (χ2n) is 8.78. The number of anilines is 1. The van der Waals surface area contributed by atoms with Crippen LogP contribution in [-0.2, 0) is 11.3 Å². The summed E-state index contributed by atoms with van der Waals surface area (Å²) < 4.78 is 0. The van der Waals surface area contributed by atoms with Gasteiger partial charge in [-0.05, 0) is 62.4 Å². The van der Waals surface area contributed by atoms with Crippen LogP contribution in [0.5, 0.6) is 0 Å². The molecule has 8 heteroatoms. The van der Waals surface area contributed by atoms with Gasteiger partial charge in [-0.3, -0.25) is 9.69 Å². The molecule has 0 radical (unpaired) electrons. The quantitative estimate of drug-likeness (QED) is 0.639. The van der Waals surface area contributed by atoms with E-state index in [1.807, 2.05) is 12.1 Å². The lowest BCUT2D eigenvalue weighted by molar-refractivity contribution is -0.142. The lowest BCUT2D eigenvalue weighted by Crippen LogP contribution is -2.55. The van der Waals surface area contributed by atoms with Crippen LogP contribution in [-0.4, -0.2) is 70.3 Å². The molecule has 0 atom stereocenters. The van der Waals surface area contributed by atoms with E-state index in [9.17, 15) is 19.8 Å². The van der Waals surface area contributed by atoms with Gasteiger partial charge < -0.3 is 20.0 Å². The van der Waals surface area contributed by atoms with E-state index in [-0.39, 0.29) is 11.5 Å². The van der Waals surface area contributed by atoms with Crippen LogP contribution in [0, 0.1) is 5.92 Å². The Labute approximate surface area is 189 Å². The van der Waals surface area contributed by atoms with Crippen molar-refractivity contribution >= 4 is 29.4 Å². The van der Waals surface area contributed by atoms with Crippen LogP contribution in [0.4, 0.5) is 10.5 Å². The monoisotopic (exact) mass is 451 g/mol. The van der Waals surface area contributed by atoms with Crippen molar-refractivity contribution in [3.05, 3.63) is 28.8 Å². The molecular weight excluding hydrogens is 418 g/mol. The van der Waals surface area contributed by atoms with Gasteiger partial charge in [0.2, 0.25) is 0 Å². The molecule has 7 nitrogen and oxygen atoms in total. The minimum absolute atomic E-state index is 0.0109. The highest BCUT2D eigenvalue weighted by atomic mass is 35.5. The number of carboxylic acid groups (broad SMARTS) is 2. The molecule has 2 saturated heterocycles. The van der Waals surface area contributed by atoms with Crippen LogP contribution < -0.4 is 4.90 Å². The first-order valence-electron chi connectivity index (χ1n) is 11.3. The molecule has 0 bridgehead atoms. The fourth-order valence-corrected chi connectivity index (χ4v) is 5.39. The molecule has 3 rings (SSSR count). The molecule has 2 heterocycles. The highest BCUT2D eigenvalue weighted by molar-refractivity contribution is 6.30. The van der Waals surface area contributed by atoms with Crippen molar-refractivity contribution < 1.29 is 19.8 Å². The number of halogens is 1. The molecule has 2 aliphatic rings. The average Bonchev–Trinajstić information content (AvgIpc) is 2.77. The van der Waals surface area contributed by atoms with E-state index in [1.54, 1.807) is 0 Å². The number of likely N-dealkylation sites (tertiary alicyclic amines) is 1. The number of benzene rings is 1. The molecule has 2 aliphatic heterocycles. The fourth-order valence-electron chi connectivity index (χ4n) is 5.13. The molecule has 0 saturated carbocycles. The third-order valence-corrected chi connectivity index (χ3v) is 7.42. The summed E-state index contributed by atoms with van der Waals surface area (Å²) >= 11 is 6.47. The van der Waals surface area contributed by atoms with Gasteiger partial charge in [0, 0.05) is 49.0 Å². The first-order chi connectivity index (χ1) is 14.8. The van der Waals surface area contributed by atoms with Gasteiger partial charge in [0.05, 0.1) is 5.92 Å². The smallest absolute Gasteiger partial charge is 0.407 e. The predicted octanol–water partition coefficient (Wildman–Crippen LogP) is 4.39. The van der Waals surface area contributed by atoms with Gasteiger partial charge in [-0.25, -0.2) is 4.79 Å². The second kappa shape index (κ2) is 10.1. The van der Waals surface area contributed by atoms with Gasteiger partial charge in [-0.1, -0.05) is 25.4 Å². The molecule has 31 heavy (non-hydrogen) atoms. The van der Waals surface area contributed by atoms with Crippen molar-refractivity contribution in [2.75, 3.05) is 37.6 Å². The largest absolute Gasteiger partial charge is 0.481 e. The zero-order valence-electron chi connectivity index (χ0n) is 18.5. The number of carbonyl (C=O) groups is 2. The van der Waals surface area contributed by atoms with E-state index in [0.29, 0.717) is 31.0 Å². The molecule has 1 amide bonds. The lowest BCUT2D eigenvalue weighted by Gasteiger charge is -2.48. The Morgan fingerprint density at radius 1 is 1.10 bits per heavy atom. The van der Waals surface area contributed by atoms with Crippen LogP contribution in [0.3, 0.4) is 0 Å². The van der Waals surface area contributed by atoms with Gasteiger partial charge in [-0.15, -0.1) is 0 Å². The fraction of sp³-hybridized carbons (Fsp3) is 0.652. The topological polar surface area (TPSA) is 84.3 Å². The van der Waals surface area contributed by atoms with Crippen LogP contribution in [0.25, 0.3) is 0 Å². The lowest BCUT2D eigenvalue weighted by atomic mass is 9.83. The summed E-state index contributed by atoms with van der Waals surface area (Å²) in [6, 6.07) is 6.14. The first-order valence-corrected chi connectivity index (χ1v) is 11.7. The van der Waals surface area contributed by atoms with Gasteiger partial charge in [-0.2, -0.15) is 0 Å². The number of rotatable bonds is 7. The van der Waals surface area contributed by atoms with Crippen molar-refractivity contribution in [3.8, 4) is 0 Å². The Kier molecular flexibility index (Phi) is 7.70. The Balaban J connectivity index is 1.73. The number of aliphatic carboxylic acids is 1. The highest BCUT2D eigenvalue weighted by Gasteiger charge is 2.38. The summed E-state index contributed by atoms with van der Waals surface area (Å²) in [6.45, 7) is 8.57. The standard InChI is InChI=1S/C23H34ClN3O4/c1-3-23(7-11-26(12-8-23)22(30)31)27(4-2)16-17-13-19(24)15-20(14-17)25-9-5-18(6-10-25)21(28)29/h13-15,18H,3-12,16H2,1-2H3,(H,28,29)(H,30,31). The number of carboxylic acids is 1.